The molecule has 0 bridgehead atoms. The number of fused-ring (bicyclic) bond motifs is 1. The van der Waals surface area contributed by atoms with Gasteiger partial charge in [-0.1, -0.05) is 5.57 Å². The molecule has 0 aromatic carbocycles. The minimum Gasteiger partial charge on any atom is -0.381 e. The Balaban J connectivity index is 2.31. The third-order valence-electron chi connectivity index (χ3n) is 4.90. The first kappa shape index (κ1) is 11.6. The molecular weight excluding hydrogens is 228 g/mol. The highest BCUT2D eigenvalue weighted by Gasteiger charge is 2.65. The molecule has 0 aromatic heterocycles. The lowest BCUT2D eigenvalue weighted by Gasteiger charge is -2.39. The predicted octanol–water partition coefficient (Wildman–Crippen LogP) is 1.87. The fourth-order valence-electron chi connectivity index (χ4n) is 3.51. The molecule has 1 N–H and O–H groups in total. The average molecular weight is 244 g/mol. The summed E-state index contributed by atoms with van der Waals surface area (Å²) in [5, 5.41) is 10.6. The van der Waals surface area contributed by atoms with Crippen LogP contribution in [-0.4, -0.2) is 22.8 Å². The van der Waals surface area contributed by atoms with Gasteiger partial charge in [-0.25, -0.2) is 0 Å². The van der Waals surface area contributed by atoms with Crippen molar-refractivity contribution in [3.8, 4) is 0 Å². The number of ketones is 1. The van der Waals surface area contributed by atoms with E-state index in [4.69, 9.17) is 0 Å². The molecule has 3 aliphatic carbocycles. The number of carbonyl (C=O) groups excluding carboxylic acids is 2. The van der Waals surface area contributed by atoms with Gasteiger partial charge < -0.3 is 5.11 Å². The van der Waals surface area contributed by atoms with Gasteiger partial charge in [0.2, 0.25) is 0 Å². The highest BCUT2D eigenvalue weighted by molar-refractivity contribution is 6.13. The zero-order chi connectivity index (χ0) is 13.3. The van der Waals surface area contributed by atoms with E-state index in [0.717, 1.165) is 35.8 Å². The Hall–Kier alpha value is -1.48. The highest BCUT2D eigenvalue weighted by atomic mass is 16.3. The van der Waals surface area contributed by atoms with E-state index < -0.39 is 11.0 Å². The number of hydrogen-bond acceptors (Lipinski definition) is 3. The fourth-order valence-corrected chi connectivity index (χ4v) is 3.51. The predicted molar refractivity (Wildman–Crippen MR) is 66.8 cm³/mol. The third-order valence-corrected chi connectivity index (χ3v) is 4.90. The van der Waals surface area contributed by atoms with Crippen molar-refractivity contribution in [3.63, 3.8) is 0 Å². The van der Waals surface area contributed by atoms with Crippen LogP contribution in [0.4, 0.5) is 0 Å². The molecule has 3 heteroatoms. The van der Waals surface area contributed by atoms with Crippen LogP contribution in [0.3, 0.4) is 0 Å². The third kappa shape index (κ3) is 1.04. The summed E-state index contributed by atoms with van der Waals surface area (Å²) in [7, 11) is 0. The van der Waals surface area contributed by atoms with Gasteiger partial charge in [0, 0.05) is 16.6 Å². The van der Waals surface area contributed by atoms with Crippen molar-refractivity contribution in [3.05, 3.63) is 33.9 Å². The van der Waals surface area contributed by atoms with Crippen molar-refractivity contribution in [1.82, 2.24) is 0 Å². The molecule has 1 atom stereocenters. The van der Waals surface area contributed by atoms with Crippen LogP contribution >= 0.6 is 0 Å². The van der Waals surface area contributed by atoms with E-state index in [1.807, 2.05) is 13.8 Å². The summed E-state index contributed by atoms with van der Waals surface area (Å²) < 4.78 is 0. The molecule has 0 heterocycles. The number of aldehydes is 1. The molecule has 0 unspecified atom stereocenters. The SMILES string of the molecule is CC1=C(C=O)C2=C(C)C3(CC3)[C@@](C)(O)C(=O)C2=C1. The van der Waals surface area contributed by atoms with Crippen LogP contribution in [0.1, 0.15) is 33.6 Å². The maximum absolute atomic E-state index is 12.4. The summed E-state index contributed by atoms with van der Waals surface area (Å²) in [5.41, 5.74) is 1.94. The Morgan fingerprint density at radius 3 is 2.44 bits per heavy atom. The lowest BCUT2D eigenvalue weighted by Crippen LogP contribution is -2.49. The van der Waals surface area contributed by atoms with Gasteiger partial charge >= 0.3 is 0 Å². The van der Waals surface area contributed by atoms with Crippen molar-refractivity contribution in [1.29, 1.82) is 0 Å². The minimum absolute atomic E-state index is 0.239. The van der Waals surface area contributed by atoms with E-state index in [9.17, 15) is 14.7 Å². The van der Waals surface area contributed by atoms with Gasteiger partial charge in [0.15, 0.2) is 12.1 Å². The second kappa shape index (κ2) is 3.09. The van der Waals surface area contributed by atoms with E-state index >= 15 is 0 Å². The lowest BCUT2D eigenvalue weighted by molar-refractivity contribution is -0.137. The first-order valence-electron chi connectivity index (χ1n) is 6.24. The second-order valence-electron chi connectivity index (χ2n) is 5.76. The van der Waals surface area contributed by atoms with Crippen LogP contribution in [0.5, 0.6) is 0 Å². The summed E-state index contributed by atoms with van der Waals surface area (Å²) in [6, 6.07) is 0. The summed E-state index contributed by atoms with van der Waals surface area (Å²) in [4.78, 5) is 23.7. The van der Waals surface area contributed by atoms with Gasteiger partial charge in [0.25, 0.3) is 0 Å². The molecule has 0 amide bonds. The van der Waals surface area contributed by atoms with Gasteiger partial charge in [0.05, 0.1) is 0 Å². The van der Waals surface area contributed by atoms with Gasteiger partial charge in [-0.2, -0.15) is 0 Å². The lowest BCUT2D eigenvalue weighted by atomic mass is 9.67. The number of aliphatic hydroxyl groups is 1. The van der Waals surface area contributed by atoms with Crippen molar-refractivity contribution in [2.75, 3.05) is 0 Å². The molecule has 18 heavy (non-hydrogen) atoms. The quantitative estimate of drug-likeness (QED) is 0.716. The molecule has 1 spiro atoms. The van der Waals surface area contributed by atoms with Crippen molar-refractivity contribution >= 4 is 12.1 Å². The number of carbonyl (C=O) groups is 2. The number of Topliss-reactive ketones (excluding diaryl/α,β-unsaturated/α-hetero) is 1. The first-order valence-corrected chi connectivity index (χ1v) is 6.24. The first-order chi connectivity index (χ1) is 8.37. The molecule has 3 nitrogen and oxygen atoms in total. The molecule has 0 saturated heterocycles. The Bertz CT molecular complexity index is 581. The van der Waals surface area contributed by atoms with E-state index in [2.05, 4.69) is 0 Å². The molecule has 3 rings (SSSR count). The molecule has 0 aromatic rings. The molecular formula is C15H16O3. The zero-order valence-corrected chi connectivity index (χ0v) is 10.8. The van der Waals surface area contributed by atoms with Crippen LogP contribution in [-0.2, 0) is 9.59 Å². The Labute approximate surface area is 106 Å². The van der Waals surface area contributed by atoms with Crippen LogP contribution in [0, 0.1) is 5.41 Å². The zero-order valence-electron chi connectivity index (χ0n) is 10.8. The van der Waals surface area contributed by atoms with Crippen LogP contribution in [0.25, 0.3) is 0 Å². The maximum atomic E-state index is 12.4. The highest BCUT2D eigenvalue weighted by Crippen LogP contribution is 2.64. The van der Waals surface area contributed by atoms with Gasteiger partial charge in [-0.15, -0.1) is 0 Å². The van der Waals surface area contributed by atoms with E-state index in [-0.39, 0.29) is 5.78 Å². The standard InChI is InChI=1S/C15H16O3/c1-8-6-10-12(11(8)7-16)9(2)15(4-5-15)14(3,18)13(10)17/h6-7,18H,4-5H2,1-3H3/t14-/m0/s1. The van der Waals surface area contributed by atoms with Crippen molar-refractivity contribution in [2.24, 2.45) is 5.41 Å². The Morgan fingerprint density at radius 2 is 1.94 bits per heavy atom. The summed E-state index contributed by atoms with van der Waals surface area (Å²) in [5.74, 6) is -0.239. The van der Waals surface area contributed by atoms with Crippen LogP contribution in [0.15, 0.2) is 33.9 Å². The Morgan fingerprint density at radius 1 is 1.33 bits per heavy atom. The van der Waals surface area contributed by atoms with E-state index in [0.29, 0.717) is 11.1 Å². The van der Waals surface area contributed by atoms with Crippen molar-refractivity contribution < 1.29 is 14.7 Å². The fraction of sp³-hybridized carbons (Fsp3) is 0.467. The smallest absolute Gasteiger partial charge is 0.195 e. The van der Waals surface area contributed by atoms with Gasteiger partial charge in [-0.3, -0.25) is 9.59 Å². The largest absolute Gasteiger partial charge is 0.381 e. The van der Waals surface area contributed by atoms with Crippen molar-refractivity contribution in [2.45, 2.75) is 39.2 Å². The van der Waals surface area contributed by atoms with Crippen LogP contribution < -0.4 is 0 Å². The monoisotopic (exact) mass is 244 g/mol. The Kier molecular flexibility index (Phi) is 1.99. The summed E-state index contributed by atoms with van der Waals surface area (Å²) in [6.45, 7) is 5.38. The molecule has 1 saturated carbocycles. The van der Waals surface area contributed by atoms with E-state index in [1.165, 1.54) is 0 Å². The van der Waals surface area contributed by atoms with Gasteiger partial charge in [-0.05, 0) is 50.8 Å². The molecule has 1 fully saturated rings. The molecule has 0 radical (unpaired) electrons. The molecule has 94 valence electrons. The van der Waals surface area contributed by atoms with E-state index in [1.54, 1.807) is 13.0 Å². The summed E-state index contributed by atoms with van der Waals surface area (Å²) in [6.07, 6.45) is 4.19. The maximum Gasteiger partial charge on any atom is 0.195 e. The number of allylic oxidation sites excluding steroid dienone is 4. The molecule has 3 aliphatic rings. The number of hydrogen-bond donors (Lipinski definition) is 1. The minimum atomic E-state index is -1.33. The number of rotatable bonds is 1. The normalized spacial score (nSPS) is 32.9. The summed E-state index contributed by atoms with van der Waals surface area (Å²) >= 11 is 0. The second-order valence-corrected chi connectivity index (χ2v) is 5.76. The van der Waals surface area contributed by atoms with Gasteiger partial charge in [0.1, 0.15) is 5.60 Å². The average Bonchev–Trinajstić information content (AvgIpc) is 3.06. The van der Waals surface area contributed by atoms with Crippen LogP contribution in [0.2, 0.25) is 0 Å². The molecule has 0 aliphatic heterocycles. The topological polar surface area (TPSA) is 54.4 Å².